The Morgan fingerprint density at radius 2 is 1.81 bits per heavy atom. The first-order valence-electron chi connectivity index (χ1n) is 7.53. The van der Waals surface area contributed by atoms with Crippen molar-refractivity contribution in [3.05, 3.63) is 29.3 Å². The van der Waals surface area contributed by atoms with E-state index in [2.05, 4.69) is 44.7 Å². The van der Waals surface area contributed by atoms with Gasteiger partial charge in [-0.05, 0) is 45.4 Å². The number of methoxy groups -OCH3 is 1. The van der Waals surface area contributed by atoms with Crippen molar-refractivity contribution in [1.82, 2.24) is 4.90 Å². The molecule has 1 fully saturated rings. The highest BCUT2D eigenvalue weighted by Crippen LogP contribution is 2.29. The number of hydrogen-bond donors (Lipinski definition) is 1. The fourth-order valence-electron chi connectivity index (χ4n) is 3.41. The Balaban J connectivity index is 2.14. The first-order chi connectivity index (χ1) is 9.74. The van der Waals surface area contributed by atoms with Gasteiger partial charge in [0.05, 0.1) is 18.3 Å². The number of benzene rings is 1. The summed E-state index contributed by atoms with van der Waals surface area (Å²) in [5, 5.41) is 0. The molecule has 0 saturated carbocycles. The van der Waals surface area contributed by atoms with E-state index in [0.717, 1.165) is 30.9 Å². The lowest BCUT2D eigenvalue weighted by Gasteiger charge is -2.47. The molecule has 1 saturated heterocycles. The van der Waals surface area contributed by atoms with Crippen LogP contribution in [0.4, 0.5) is 0 Å². The fourth-order valence-corrected chi connectivity index (χ4v) is 3.41. The molecule has 2 N–H and O–H groups in total. The molecule has 4 heteroatoms. The van der Waals surface area contributed by atoms with Crippen molar-refractivity contribution in [1.29, 1.82) is 0 Å². The summed E-state index contributed by atoms with van der Waals surface area (Å²) < 4.78 is 11.5. The van der Waals surface area contributed by atoms with Crippen LogP contribution in [0.5, 0.6) is 5.75 Å². The fraction of sp³-hybridized carbons (Fsp3) is 0.647. The van der Waals surface area contributed by atoms with E-state index in [1.807, 2.05) is 6.07 Å². The molecule has 21 heavy (non-hydrogen) atoms. The van der Waals surface area contributed by atoms with Gasteiger partial charge in [0.2, 0.25) is 0 Å². The van der Waals surface area contributed by atoms with Crippen molar-refractivity contribution >= 4 is 0 Å². The van der Waals surface area contributed by atoms with E-state index in [1.165, 1.54) is 5.56 Å². The third-order valence-corrected chi connectivity index (χ3v) is 3.73. The highest BCUT2D eigenvalue weighted by atomic mass is 16.5. The van der Waals surface area contributed by atoms with Gasteiger partial charge in [0.15, 0.2) is 0 Å². The summed E-state index contributed by atoms with van der Waals surface area (Å²) in [6, 6.07) is 6.27. The molecule has 4 nitrogen and oxygen atoms in total. The summed E-state index contributed by atoms with van der Waals surface area (Å²) in [4.78, 5) is 2.45. The number of morpholine rings is 1. The molecule has 2 rings (SSSR count). The van der Waals surface area contributed by atoms with Gasteiger partial charge in [-0.3, -0.25) is 4.90 Å². The van der Waals surface area contributed by atoms with Gasteiger partial charge in [0.25, 0.3) is 0 Å². The zero-order valence-electron chi connectivity index (χ0n) is 13.9. The quantitative estimate of drug-likeness (QED) is 0.926. The Bertz CT molecular complexity index is 482. The van der Waals surface area contributed by atoms with Crippen LogP contribution in [0.25, 0.3) is 0 Å². The summed E-state index contributed by atoms with van der Waals surface area (Å²) in [6.45, 7) is 11.9. The minimum Gasteiger partial charge on any atom is -0.496 e. The molecule has 1 aromatic rings. The van der Waals surface area contributed by atoms with Crippen molar-refractivity contribution in [3.8, 4) is 5.75 Å². The summed E-state index contributed by atoms with van der Waals surface area (Å²) in [6.07, 6.45) is 0. The van der Waals surface area contributed by atoms with Gasteiger partial charge in [-0.25, -0.2) is 0 Å². The first-order valence-corrected chi connectivity index (χ1v) is 7.53. The number of ether oxygens (including phenoxy) is 2. The lowest BCUT2D eigenvalue weighted by molar-refractivity contribution is -0.182. The topological polar surface area (TPSA) is 47.7 Å². The third-order valence-electron chi connectivity index (χ3n) is 3.73. The Morgan fingerprint density at radius 1 is 1.19 bits per heavy atom. The number of rotatable bonds is 4. The average Bonchev–Trinajstić information content (AvgIpc) is 2.34. The Kier molecular flexibility index (Phi) is 4.61. The smallest absolute Gasteiger partial charge is 0.123 e. The maximum Gasteiger partial charge on any atom is 0.123 e. The molecule has 1 aliphatic heterocycles. The SMILES string of the molecule is COc1ccc(CN2CC(C)(C)OC(C)(C)C2)cc1CN. The molecule has 118 valence electrons. The van der Waals surface area contributed by atoms with Crippen molar-refractivity contribution in [2.24, 2.45) is 5.73 Å². The highest BCUT2D eigenvalue weighted by Gasteiger charge is 2.37. The molecule has 0 bridgehead atoms. The van der Waals surface area contributed by atoms with Gasteiger partial charge in [0.1, 0.15) is 5.75 Å². The monoisotopic (exact) mass is 292 g/mol. The third kappa shape index (κ3) is 4.19. The van der Waals surface area contributed by atoms with Crippen molar-refractivity contribution in [3.63, 3.8) is 0 Å². The lowest BCUT2D eigenvalue weighted by Crippen LogP contribution is -2.56. The van der Waals surface area contributed by atoms with Crippen LogP contribution < -0.4 is 10.5 Å². The zero-order chi connectivity index (χ0) is 15.7. The van der Waals surface area contributed by atoms with Gasteiger partial charge in [-0.1, -0.05) is 6.07 Å². The second kappa shape index (κ2) is 5.95. The Morgan fingerprint density at radius 3 is 2.33 bits per heavy atom. The summed E-state index contributed by atoms with van der Waals surface area (Å²) in [5.74, 6) is 0.865. The predicted octanol–water partition coefficient (Wildman–Crippen LogP) is 2.54. The molecule has 0 aliphatic carbocycles. The zero-order valence-corrected chi connectivity index (χ0v) is 13.9. The predicted molar refractivity (Wildman–Crippen MR) is 85.4 cm³/mol. The van der Waals surface area contributed by atoms with E-state index >= 15 is 0 Å². The molecule has 1 aliphatic rings. The Hall–Kier alpha value is -1.10. The van der Waals surface area contributed by atoms with Crippen LogP contribution in [0.15, 0.2) is 18.2 Å². The van der Waals surface area contributed by atoms with E-state index in [-0.39, 0.29) is 11.2 Å². The molecule has 0 aromatic heterocycles. The van der Waals surface area contributed by atoms with Crippen LogP contribution in [0.2, 0.25) is 0 Å². The summed E-state index contributed by atoms with van der Waals surface area (Å²) in [5.41, 5.74) is 7.89. The van der Waals surface area contributed by atoms with Gasteiger partial charge in [-0.2, -0.15) is 0 Å². The second-order valence-corrected chi connectivity index (χ2v) is 7.12. The minimum absolute atomic E-state index is 0.120. The number of nitrogens with zero attached hydrogens (tertiary/aromatic N) is 1. The molecule has 0 spiro atoms. The van der Waals surface area contributed by atoms with E-state index in [4.69, 9.17) is 15.2 Å². The van der Waals surface area contributed by atoms with Crippen LogP contribution in [0, 0.1) is 0 Å². The second-order valence-electron chi connectivity index (χ2n) is 7.12. The van der Waals surface area contributed by atoms with Crippen LogP contribution in [0.3, 0.4) is 0 Å². The van der Waals surface area contributed by atoms with Crippen molar-refractivity contribution in [2.45, 2.75) is 52.0 Å². The van der Waals surface area contributed by atoms with E-state index in [1.54, 1.807) is 7.11 Å². The average molecular weight is 292 g/mol. The lowest BCUT2D eigenvalue weighted by atomic mass is 9.98. The molecule has 1 heterocycles. The highest BCUT2D eigenvalue weighted by molar-refractivity contribution is 5.37. The molecular formula is C17H28N2O2. The molecule has 0 unspecified atom stereocenters. The standard InChI is InChI=1S/C17H28N2O2/c1-16(2)11-19(12-17(3,4)21-16)10-13-6-7-15(20-5)14(8-13)9-18/h6-8H,9-12,18H2,1-5H3. The van der Waals surface area contributed by atoms with Gasteiger partial charge < -0.3 is 15.2 Å². The minimum atomic E-state index is -0.120. The number of nitrogens with two attached hydrogens (primary N) is 1. The van der Waals surface area contributed by atoms with Crippen LogP contribution >= 0.6 is 0 Å². The largest absolute Gasteiger partial charge is 0.496 e. The summed E-state index contributed by atoms with van der Waals surface area (Å²) in [7, 11) is 1.68. The molecule has 0 radical (unpaired) electrons. The van der Waals surface area contributed by atoms with Crippen LogP contribution in [0.1, 0.15) is 38.8 Å². The molecule has 0 atom stereocenters. The van der Waals surface area contributed by atoms with Gasteiger partial charge >= 0.3 is 0 Å². The maximum absolute atomic E-state index is 6.13. The van der Waals surface area contributed by atoms with Crippen molar-refractivity contribution < 1.29 is 9.47 Å². The normalized spacial score (nSPS) is 21.2. The summed E-state index contributed by atoms with van der Waals surface area (Å²) >= 11 is 0. The number of hydrogen-bond acceptors (Lipinski definition) is 4. The molecule has 1 aromatic carbocycles. The van der Waals surface area contributed by atoms with E-state index in [0.29, 0.717) is 6.54 Å². The maximum atomic E-state index is 6.13. The van der Waals surface area contributed by atoms with Crippen LogP contribution in [-0.2, 0) is 17.8 Å². The van der Waals surface area contributed by atoms with E-state index < -0.39 is 0 Å². The molecular weight excluding hydrogens is 264 g/mol. The van der Waals surface area contributed by atoms with Gasteiger partial charge in [-0.15, -0.1) is 0 Å². The van der Waals surface area contributed by atoms with Crippen molar-refractivity contribution in [2.75, 3.05) is 20.2 Å². The Labute approximate surface area is 128 Å². The van der Waals surface area contributed by atoms with E-state index in [9.17, 15) is 0 Å². The molecule has 0 amide bonds. The van der Waals surface area contributed by atoms with Gasteiger partial charge in [0, 0.05) is 31.7 Å². The first kappa shape index (κ1) is 16.3. The van der Waals surface area contributed by atoms with Crippen LogP contribution in [-0.4, -0.2) is 36.3 Å².